The maximum absolute atomic E-state index is 12.9. The number of carboxylic acid groups (broad SMARTS) is 1. The van der Waals surface area contributed by atoms with Crippen LogP contribution in [0.5, 0.6) is 0 Å². The quantitative estimate of drug-likeness (QED) is 0.537. The van der Waals surface area contributed by atoms with Crippen LogP contribution in [-0.4, -0.2) is 50.3 Å². The molecule has 13 heteroatoms. The van der Waals surface area contributed by atoms with E-state index in [1.807, 2.05) is 0 Å². The van der Waals surface area contributed by atoms with Crippen LogP contribution in [-0.2, 0) is 10.0 Å². The Morgan fingerprint density at radius 3 is 2.33 bits per heavy atom. The van der Waals surface area contributed by atoms with Crippen molar-refractivity contribution in [3.63, 3.8) is 0 Å². The third-order valence-electron chi connectivity index (χ3n) is 3.79. The second-order valence-electron chi connectivity index (χ2n) is 6.20. The number of aromatic nitrogens is 5. The van der Waals surface area contributed by atoms with E-state index in [1.54, 1.807) is 36.8 Å². The first-order valence-electron chi connectivity index (χ1n) is 8.49. The van der Waals surface area contributed by atoms with Crippen LogP contribution in [0.25, 0.3) is 5.82 Å². The standard InChI is InChI=1S/C17H17N7O5S/c1-9-8-10(2)20-16(19-9)21-17(27)23-30(28,29)14-13(15(25)26)11(3)22-24(14)12-6-4-5-7-18-12/h4-8H,1-3H3,(H,25,26)(H2,19,20,21,23,27). The number of pyridine rings is 1. The zero-order chi connectivity index (χ0) is 22.1. The molecular formula is C17H17N7O5S. The van der Waals surface area contributed by atoms with E-state index in [-0.39, 0.29) is 17.5 Å². The molecule has 3 rings (SSSR count). The van der Waals surface area contributed by atoms with Crippen molar-refractivity contribution in [2.45, 2.75) is 25.8 Å². The van der Waals surface area contributed by atoms with Gasteiger partial charge in [0.15, 0.2) is 10.8 Å². The lowest BCUT2D eigenvalue weighted by molar-refractivity contribution is 0.0691. The maximum atomic E-state index is 12.9. The predicted molar refractivity (Wildman–Crippen MR) is 104 cm³/mol. The molecule has 0 atom stereocenters. The van der Waals surface area contributed by atoms with Gasteiger partial charge in [-0.1, -0.05) is 6.07 Å². The molecule has 0 spiro atoms. The topological polar surface area (TPSA) is 169 Å². The molecule has 0 radical (unpaired) electrons. The van der Waals surface area contributed by atoms with Crippen molar-refractivity contribution in [1.29, 1.82) is 0 Å². The number of rotatable bonds is 5. The second kappa shape index (κ2) is 7.87. The van der Waals surface area contributed by atoms with E-state index in [0.717, 1.165) is 4.68 Å². The number of hydrogen-bond donors (Lipinski definition) is 3. The van der Waals surface area contributed by atoms with E-state index in [1.165, 1.54) is 19.2 Å². The number of aryl methyl sites for hydroxylation is 3. The Morgan fingerprint density at radius 1 is 1.10 bits per heavy atom. The molecule has 0 saturated carbocycles. The van der Waals surface area contributed by atoms with Gasteiger partial charge in [0.2, 0.25) is 5.95 Å². The summed E-state index contributed by atoms with van der Waals surface area (Å²) in [6, 6.07) is 5.13. The lowest BCUT2D eigenvalue weighted by atomic mass is 10.3. The summed E-state index contributed by atoms with van der Waals surface area (Å²) < 4.78 is 28.5. The zero-order valence-electron chi connectivity index (χ0n) is 16.1. The SMILES string of the molecule is Cc1cc(C)nc(NC(=O)NS(=O)(=O)c2c(C(=O)O)c(C)nn2-c2ccccn2)n1. The van der Waals surface area contributed by atoms with Crippen molar-refractivity contribution in [2.75, 3.05) is 5.32 Å². The minimum Gasteiger partial charge on any atom is -0.478 e. The lowest BCUT2D eigenvalue weighted by Crippen LogP contribution is -2.36. The average Bonchev–Trinajstić information content (AvgIpc) is 2.99. The summed E-state index contributed by atoms with van der Waals surface area (Å²) in [5.41, 5.74) is 0.491. The predicted octanol–water partition coefficient (Wildman–Crippen LogP) is 1.19. The van der Waals surface area contributed by atoms with Gasteiger partial charge in [0.25, 0.3) is 10.0 Å². The normalized spacial score (nSPS) is 11.2. The number of carbonyl (C=O) groups excluding carboxylic acids is 1. The summed E-state index contributed by atoms with van der Waals surface area (Å²) in [7, 11) is -4.67. The van der Waals surface area contributed by atoms with Crippen LogP contribution in [0.1, 0.15) is 27.4 Å². The summed E-state index contributed by atoms with van der Waals surface area (Å²) in [5, 5.41) is 15.0. The van der Waals surface area contributed by atoms with Gasteiger partial charge in [-0.15, -0.1) is 0 Å². The number of anilines is 1. The first-order valence-corrected chi connectivity index (χ1v) is 9.97. The molecule has 3 aromatic rings. The van der Waals surface area contributed by atoms with E-state index in [2.05, 4.69) is 25.4 Å². The van der Waals surface area contributed by atoms with Crippen LogP contribution < -0.4 is 10.0 Å². The highest BCUT2D eigenvalue weighted by Crippen LogP contribution is 2.22. The molecule has 0 fully saturated rings. The van der Waals surface area contributed by atoms with Crippen molar-refractivity contribution in [3.8, 4) is 5.82 Å². The molecule has 2 amide bonds. The van der Waals surface area contributed by atoms with E-state index in [9.17, 15) is 23.1 Å². The van der Waals surface area contributed by atoms with Gasteiger partial charge in [0, 0.05) is 17.6 Å². The Kier molecular flexibility index (Phi) is 5.47. The number of carboxylic acids is 1. The number of nitrogens with one attached hydrogen (secondary N) is 2. The van der Waals surface area contributed by atoms with Gasteiger partial charge in [-0.3, -0.25) is 5.32 Å². The third-order valence-corrected chi connectivity index (χ3v) is 5.13. The van der Waals surface area contributed by atoms with Crippen LogP contribution in [0.4, 0.5) is 10.7 Å². The molecule has 156 valence electrons. The number of carbonyl (C=O) groups is 2. The summed E-state index contributed by atoms with van der Waals surface area (Å²) in [4.78, 5) is 36.0. The van der Waals surface area contributed by atoms with Crippen molar-refractivity contribution < 1.29 is 23.1 Å². The first kappa shape index (κ1) is 20.9. The average molecular weight is 431 g/mol. The summed E-state index contributed by atoms with van der Waals surface area (Å²) in [5.74, 6) is -1.56. The van der Waals surface area contributed by atoms with Gasteiger partial charge in [0.05, 0.1) is 5.69 Å². The van der Waals surface area contributed by atoms with Gasteiger partial charge < -0.3 is 5.11 Å². The van der Waals surface area contributed by atoms with Gasteiger partial charge in [-0.2, -0.15) is 13.5 Å². The fourth-order valence-electron chi connectivity index (χ4n) is 2.71. The second-order valence-corrected chi connectivity index (χ2v) is 7.80. The van der Waals surface area contributed by atoms with E-state index >= 15 is 0 Å². The monoisotopic (exact) mass is 431 g/mol. The van der Waals surface area contributed by atoms with Crippen molar-refractivity contribution in [1.82, 2.24) is 29.5 Å². The van der Waals surface area contributed by atoms with Gasteiger partial charge in [0.1, 0.15) is 5.56 Å². The third kappa shape index (κ3) is 4.25. The molecule has 0 unspecified atom stereocenters. The van der Waals surface area contributed by atoms with Crippen LogP contribution in [0.3, 0.4) is 0 Å². The number of hydrogen-bond acceptors (Lipinski definition) is 8. The van der Waals surface area contributed by atoms with Crippen molar-refractivity contribution in [2.24, 2.45) is 0 Å². The smallest absolute Gasteiger partial charge is 0.340 e. The molecule has 0 aliphatic carbocycles. The number of urea groups is 1. The molecule has 3 heterocycles. The summed E-state index contributed by atoms with van der Waals surface area (Å²) in [6.07, 6.45) is 1.39. The molecule has 0 bridgehead atoms. The number of amides is 2. The first-order chi connectivity index (χ1) is 14.1. The minimum atomic E-state index is -4.67. The molecule has 3 aromatic heterocycles. The Labute approximate surface area is 171 Å². The molecular weight excluding hydrogens is 414 g/mol. The highest BCUT2D eigenvalue weighted by atomic mass is 32.2. The number of aromatic carboxylic acids is 1. The molecule has 0 aromatic carbocycles. The maximum Gasteiger partial charge on any atom is 0.340 e. The Balaban J connectivity index is 2.01. The molecule has 30 heavy (non-hydrogen) atoms. The zero-order valence-corrected chi connectivity index (χ0v) is 16.9. The largest absolute Gasteiger partial charge is 0.478 e. The van der Waals surface area contributed by atoms with E-state index in [0.29, 0.717) is 11.4 Å². The van der Waals surface area contributed by atoms with Gasteiger partial charge >= 0.3 is 12.0 Å². The molecule has 0 aliphatic heterocycles. The van der Waals surface area contributed by atoms with Crippen LogP contribution in [0.15, 0.2) is 35.5 Å². The number of sulfonamides is 1. The van der Waals surface area contributed by atoms with Crippen LogP contribution >= 0.6 is 0 Å². The minimum absolute atomic E-state index is 0.0616. The highest BCUT2D eigenvalue weighted by Gasteiger charge is 2.33. The van der Waals surface area contributed by atoms with E-state index < -0.39 is 32.6 Å². The van der Waals surface area contributed by atoms with Crippen LogP contribution in [0.2, 0.25) is 0 Å². The Bertz CT molecular complexity index is 1220. The molecule has 0 saturated heterocycles. The van der Waals surface area contributed by atoms with Crippen molar-refractivity contribution >= 4 is 28.0 Å². The molecule has 3 N–H and O–H groups in total. The van der Waals surface area contributed by atoms with Gasteiger partial charge in [-0.25, -0.2) is 33.9 Å². The Morgan fingerprint density at radius 2 is 1.77 bits per heavy atom. The lowest BCUT2D eigenvalue weighted by Gasteiger charge is -2.11. The number of nitrogens with zero attached hydrogens (tertiary/aromatic N) is 5. The van der Waals surface area contributed by atoms with Crippen LogP contribution in [0, 0.1) is 20.8 Å². The fraction of sp³-hybridized carbons (Fsp3) is 0.176. The summed E-state index contributed by atoms with van der Waals surface area (Å²) in [6.45, 7) is 4.70. The molecule has 12 nitrogen and oxygen atoms in total. The van der Waals surface area contributed by atoms with Crippen molar-refractivity contribution in [3.05, 3.63) is 53.1 Å². The molecule has 0 aliphatic rings. The summed E-state index contributed by atoms with van der Waals surface area (Å²) >= 11 is 0. The Hall–Kier alpha value is -3.87. The van der Waals surface area contributed by atoms with Gasteiger partial charge in [-0.05, 0) is 39.0 Å². The van der Waals surface area contributed by atoms with E-state index in [4.69, 9.17) is 0 Å². The highest BCUT2D eigenvalue weighted by molar-refractivity contribution is 7.90. The fourth-order valence-corrected chi connectivity index (χ4v) is 3.97.